The maximum atomic E-state index is 12.1. The van der Waals surface area contributed by atoms with E-state index in [1.807, 2.05) is 25.1 Å². The molecular weight excluding hydrogens is 264 g/mol. The molecular formula is C14H19ClN2O2. The van der Waals surface area contributed by atoms with Crippen LogP contribution in [-0.2, 0) is 11.2 Å². The minimum atomic E-state index is 0. The van der Waals surface area contributed by atoms with Gasteiger partial charge in [0.15, 0.2) is 0 Å². The third kappa shape index (κ3) is 2.85. The molecule has 2 heterocycles. The number of halogens is 1. The molecule has 0 aromatic heterocycles. The lowest BCUT2D eigenvalue weighted by Gasteiger charge is -2.31. The highest BCUT2D eigenvalue weighted by molar-refractivity contribution is 5.92. The van der Waals surface area contributed by atoms with Crippen LogP contribution in [0, 0.1) is 11.8 Å². The number of rotatable bonds is 3. The predicted molar refractivity (Wildman–Crippen MR) is 77.0 cm³/mol. The van der Waals surface area contributed by atoms with Crippen LogP contribution >= 0.6 is 12.4 Å². The fraction of sp³-hybridized carbons (Fsp3) is 0.500. The lowest BCUT2D eigenvalue weighted by molar-refractivity contribution is -0.121. The topological polar surface area (TPSA) is 50.4 Å². The molecule has 1 fully saturated rings. The second kappa shape index (κ2) is 5.80. The number of benzene rings is 1. The van der Waals surface area contributed by atoms with E-state index in [1.54, 1.807) is 0 Å². The van der Waals surface area contributed by atoms with Gasteiger partial charge < -0.3 is 15.4 Å². The Balaban J connectivity index is 0.00000133. The number of anilines is 1. The summed E-state index contributed by atoms with van der Waals surface area (Å²) in [6.45, 7) is 4.65. The van der Waals surface area contributed by atoms with Crippen LogP contribution < -0.4 is 15.4 Å². The summed E-state index contributed by atoms with van der Waals surface area (Å²) in [5.41, 5.74) is 2.06. The Morgan fingerprint density at radius 1 is 1.47 bits per heavy atom. The molecule has 1 amide bonds. The molecule has 0 radical (unpaired) electrons. The minimum absolute atomic E-state index is 0. The number of fused-ring (bicyclic) bond motifs is 1. The van der Waals surface area contributed by atoms with E-state index < -0.39 is 0 Å². The van der Waals surface area contributed by atoms with Gasteiger partial charge in [0, 0.05) is 18.0 Å². The standard InChI is InChI=1S/C14H18N2O2.ClH/c1-9(11-7-15-8-11)14(17)16-12-2-3-13-10(6-12)4-5-18-13;/h2-3,6,9,11,15H,4-5,7-8H2,1H3,(H,16,17);1H. The lowest BCUT2D eigenvalue weighted by atomic mass is 9.88. The van der Waals surface area contributed by atoms with Crippen LogP contribution in [0.2, 0.25) is 0 Å². The van der Waals surface area contributed by atoms with E-state index in [4.69, 9.17) is 4.74 Å². The van der Waals surface area contributed by atoms with Crippen LogP contribution in [0.5, 0.6) is 5.75 Å². The van der Waals surface area contributed by atoms with Crippen molar-refractivity contribution in [2.75, 3.05) is 25.0 Å². The summed E-state index contributed by atoms with van der Waals surface area (Å²) in [7, 11) is 0. The molecule has 1 unspecified atom stereocenters. The molecule has 2 aliphatic rings. The summed E-state index contributed by atoms with van der Waals surface area (Å²) >= 11 is 0. The van der Waals surface area contributed by atoms with Crippen molar-refractivity contribution in [3.05, 3.63) is 23.8 Å². The molecule has 5 heteroatoms. The molecule has 0 saturated carbocycles. The quantitative estimate of drug-likeness (QED) is 0.889. The van der Waals surface area contributed by atoms with Crippen molar-refractivity contribution < 1.29 is 9.53 Å². The van der Waals surface area contributed by atoms with Gasteiger partial charge in [0.25, 0.3) is 0 Å². The SMILES string of the molecule is CC(C(=O)Nc1ccc2c(c1)CCO2)C1CNC1.Cl. The molecule has 1 atom stereocenters. The fourth-order valence-electron chi connectivity index (χ4n) is 2.40. The number of nitrogens with one attached hydrogen (secondary N) is 2. The number of carbonyl (C=O) groups is 1. The van der Waals surface area contributed by atoms with Gasteiger partial charge in [-0.15, -0.1) is 12.4 Å². The average molecular weight is 283 g/mol. The molecule has 1 aromatic rings. The summed E-state index contributed by atoms with van der Waals surface area (Å²) in [6, 6.07) is 5.87. The molecule has 1 aromatic carbocycles. The van der Waals surface area contributed by atoms with Gasteiger partial charge in [0.1, 0.15) is 5.75 Å². The van der Waals surface area contributed by atoms with E-state index in [1.165, 1.54) is 5.56 Å². The van der Waals surface area contributed by atoms with Crippen molar-refractivity contribution in [1.29, 1.82) is 0 Å². The fourth-order valence-corrected chi connectivity index (χ4v) is 2.40. The van der Waals surface area contributed by atoms with Crippen molar-refractivity contribution in [2.45, 2.75) is 13.3 Å². The van der Waals surface area contributed by atoms with Crippen molar-refractivity contribution in [2.24, 2.45) is 11.8 Å². The Morgan fingerprint density at radius 3 is 2.95 bits per heavy atom. The number of ether oxygens (including phenoxy) is 1. The lowest BCUT2D eigenvalue weighted by Crippen LogP contribution is -2.48. The van der Waals surface area contributed by atoms with Gasteiger partial charge in [-0.25, -0.2) is 0 Å². The summed E-state index contributed by atoms with van der Waals surface area (Å²) in [4.78, 5) is 12.1. The molecule has 19 heavy (non-hydrogen) atoms. The summed E-state index contributed by atoms with van der Waals surface area (Å²) in [5.74, 6) is 1.60. The third-order valence-corrected chi connectivity index (χ3v) is 3.89. The highest BCUT2D eigenvalue weighted by atomic mass is 35.5. The summed E-state index contributed by atoms with van der Waals surface area (Å²) < 4.78 is 5.45. The molecule has 2 N–H and O–H groups in total. The first-order valence-electron chi connectivity index (χ1n) is 6.51. The van der Waals surface area contributed by atoms with Gasteiger partial charge in [-0.05, 0) is 42.8 Å². The van der Waals surface area contributed by atoms with Crippen LogP contribution in [-0.4, -0.2) is 25.6 Å². The van der Waals surface area contributed by atoms with E-state index in [-0.39, 0.29) is 24.2 Å². The molecule has 3 rings (SSSR count). The molecule has 4 nitrogen and oxygen atoms in total. The van der Waals surface area contributed by atoms with E-state index in [0.29, 0.717) is 5.92 Å². The Hall–Kier alpha value is -1.26. The summed E-state index contributed by atoms with van der Waals surface area (Å²) in [5, 5.41) is 6.20. The van der Waals surface area contributed by atoms with Crippen molar-refractivity contribution >= 4 is 24.0 Å². The molecule has 0 bridgehead atoms. The first-order valence-corrected chi connectivity index (χ1v) is 6.51. The Morgan fingerprint density at radius 2 is 2.26 bits per heavy atom. The number of amides is 1. The van der Waals surface area contributed by atoms with Gasteiger partial charge in [0.05, 0.1) is 6.61 Å². The Labute approximate surface area is 119 Å². The van der Waals surface area contributed by atoms with Crippen LogP contribution in [0.15, 0.2) is 18.2 Å². The molecule has 104 valence electrons. The van der Waals surface area contributed by atoms with Crippen LogP contribution in [0.25, 0.3) is 0 Å². The van der Waals surface area contributed by atoms with Crippen LogP contribution in [0.4, 0.5) is 5.69 Å². The highest BCUT2D eigenvalue weighted by Crippen LogP contribution is 2.28. The van der Waals surface area contributed by atoms with E-state index >= 15 is 0 Å². The van der Waals surface area contributed by atoms with Crippen LogP contribution in [0.1, 0.15) is 12.5 Å². The van der Waals surface area contributed by atoms with E-state index in [2.05, 4.69) is 10.6 Å². The maximum absolute atomic E-state index is 12.1. The van der Waals surface area contributed by atoms with Crippen LogP contribution in [0.3, 0.4) is 0 Å². The second-order valence-corrected chi connectivity index (χ2v) is 5.12. The van der Waals surface area contributed by atoms with E-state index in [9.17, 15) is 4.79 Å². The Kier molecular flexibility index (Phi) is 4.32. The van der Waals surface area contributed by atoms with Gasteiger partial charge in [-0.2, -0.15) is 0 Å². The Bertz CT molecular complexity index is 475. The zero-order chi connectivity index (χ0) is 12.5. The smallest absolute Gasteiger partial charge is 0.227 e. The average Bonchev–Trinajstić information content (AvgIpc) is 2.73. The number of carbonyl (C=O) groups excluding carboxylic acids is 1. The number of hydrogen-bond donors (Lipinski definition) is 2. The number of hydrogen-bond acceptors (Lipinski definition) is 3. The van der Waals surface area contributed by atoms with Crippen molar-refractivity contribution in [1.82, 2.24) is 5.32 Å². The van der Waals surface area contributed by atoms with Gasteiger partial charge >= 0.3 is 0 Å². The molecule has 0 spiro atoms. The van der Waals surface area contributed by atoms with Gasteiger partial charge in [-0.3, -0.25) is 4.79 Å². The van der Waals surface area contributed by atoms with Crippen molar-refractivity contribution in [3.63, 3.8) is 0 Å². The normalized spacial score (nSPS) is 18.6. The molecule has 1 saturated heterocycles. The van der Waals surface area contributed by atoms with Gasteiger partial charge in [0.2, 0.25) is 5.91 Å². The second-order valence-electron chi connectivity index (χ2n) is 5.12. The highest BCUT2D eigenvalue weighted by Gasteiger charge is 2.28. The predicted octanol–water partition coefficient (Wildman–Crippen LogP) is 1.84. The maximum Gasteiger partial charge on any atom is 0.227 e. The van der Waals surface area contributed by atoms with Gasteiger partial charge in [-0.1, -0.05) is 6.92 Å². The minimum Gasteiger partial charge on any atom is -0.493 e. The zero-order valence-corrected chi connectivity index (χ0v) is 11.8. The monoisotopic (exact) mass is 282 g/mol. The third-order valence-electron chi connectivity index (χ3n) is 3.89. The molecule has 2 aliphatic heterocycles. The van der Waals surface area contributed by atoms with Crippen molar-refractivity contribution in [3.8, 4) is 5.75 Å². The first kappa shape index (κ1) is 14.2. The van der Waals surface area contributed by atoms with E-state index in [0.717, 1.165) is 37.6 Å². The zero-order valence-electron chi connectivity index (χ0n) is 10.9. The first-order chi connectivity index (χ1) is 8.74. The summed E-state index contributed by atoms with van der Waals surface area (Å²) in [6.07, 6.45) is 0.932. The molecule has 0 aliphatic carbocycles. The largest absolute Gasteiger partial charge is 0.493 e.